The molecule has 2 N–H and O–H groups in total. The van der Waals surface area contributed by atoms with Gasteiger partial charge in [-0.1, -0.05) is 18.2 Å². The number of H-pyrrole nitrogens is 1. The number of aromatic carboxylic acids is 1. The van der Waals surface area contributed by atoms with Gasteiger partial charge in [-0.2, -0.15) is 0 Å². The molecule has 0 saturated heterocycles. The van der Waals surface area contributed by atoms with Crippen LogP contribution < -0.4 is 10.5 Å². The van der Waals surface area contributed by atoms with Gasteiger partial charge in [0, 0.05) is 25.5 Å². The second kappa shape index (κ2) is 6.09. The van der Waals surface area contributed by atoms with Crippen molar-refractivity contribution in [3.8, 4) is 0 Å². The van der Waals surface area contributed by atoms with Crippen LogP contribution in [0.5, 0.6) is 0 Å². The van der Waals surface area contributed by atoms with Gasteiger partial charge >= 0.3 is 5.97 Å². The number of benzene rings is 1. The number of hydrogen-bond acceptors (Lipinski definition) is 3. The maximum absolute atomic E-state index is 11.5. The Morgan fingerprint density at radius 3 is 2.29 bits per heavy atom. The average Bonchev–Trinajstić information content (AvgIpc) is 2.45. The number of aromatic amines is 1. The number of hydrogen-bond donors (Lipinski definition) is 2. The highest BCUT2D eigenvalue weighted by Gasteiger charge is 2.07. The maximum Gasteiger partial charge on any atom is 0.341 e. The summed E-state index contributed by atoms with van der Waals surface area (Å²) in [5, 5.41) is 8.79. The van der Waals surface area contributed by atoms with Gasteiger partial charge in [0.2, 0.25) is 0 Å². The topological polar surface area (TPSA) is 73.4 Å². The quantitative estimate of drug-likeness (QED) is 0.903. The molecule has 0 unspecified atom stereocenters. The van der Waals surface area contributed by atoms with Gasteiger partial charge in [-0.05, 0) is 35.9 Å². The van der Waals surface area contributed by atoms with Crippen LogP contribution in [0.2, 0.25) is 0 Å². The van der Waals surface area contributed by atoms with Gasteiger partial charge in [0.15, 0.2) is 0 Å². The molecule has 0 aliphatic carbocycles. The van der Waals surface area contributed by atoms with Crippen LogP contribution in [0.1, 0.15) is 21.6 Å². The SMILES string of the molecule is CN(C)c1ccc(/C=C\c2ccc(C(=O)O)c(=O)[nH]2)cc1. The van der Waals surface area contributed by atoms with Crippen LogP contribution in [0.25, 0.3) is 12.2 Å². The standard InChI is InChI=1S/C16H16N2O3/c1-18(2)13-8-4-11(5-9-13)3-6-12-7-10-14(16(20)21)15(19)17-12/h3-10H,1-2H3,(H,17,19)(H,20,21)/b6-3-. The smallest absolute Gasteiger partial charge is 0.341 e. The van der Waals surface area contributed by atoms with Gasteiger partial charge in [-0.3, -0.25) is 4.79 Å². The zero-order valence-corrected chi connectivity index (χ0v) is 11.8. The maximum atomic E-state index is 11.5. The molecule has 0 bridgehead atoms. The fourth-order valence-corrected chi connectivity index (χ4v) is 1.82. The summed E-state index contributed by atoms with van der Waals surface area (Å²) in [6, 6.07) is 10.8. The Hall–Kier alpha value is -2.82. The van der Waals surface area contributed by atoms with Crippen molar-refractivity contribution in [3.05, 3.63) is 63.6 Å². The first-order valence-electron chi connectivity index (χ1n) is 6.39. The van der Waals surface area contributed by atoms with Crippen molar-refractivity contribution >= 4 is 23.8 Å². The summed E-state index contributed by atoms with van der Waals surface area (Å²) in [7, 11) is 3.94. The number of carboxylic acid groups (broad SMARTS) is 1. The molecule has 108 valence electrons. The van der Waals surface area contributed by atoms with Gasteiger partial charge in [0.25, 0.3) is 5.56 Å². The number of carbonyl (C=O) groups is 1. The van der Waals surface area contributed by atoms with E-state index in [0.29, 0.717) is 5.69 Å². The third-order valence-electron chi connectivity index (χ3n) is 3.03. The number of aromatic nitrogens is 1. The molecule has 2 aromatic rings. The summed E-state index contributed by atoms with van der Waals surface area (Å²) in [6.07, 6.45) is 3.59. The predicted molar refractivity (Wildman–Crippen MR) is 83.7 cm³/mol. The minimum Gasteiger partial charge on any atom is -0.477 e. The molecular weight excluding hydrogens is 268 g/mol. The molecule has 0 aliphatic heterocycles. The highest BCUT2D eigenvalue weighted by Crippen LogP contribution is 2.14. The minimum atomic E-state index is -1.23. The Labute approximate surface area is 122 Å². The highest BCUT2D eigenvalue weighted by molar-refractivity contribution is 5.87. The van der Waals surface area contributed by atoms with E-state index in [-0.39, 0.29) is 5.56 Å². The predicted octanol–water partition coefficient (Wildman–Crippen LogP) is 2.31. The lowest BCUT2D eigenvalue weighted by Gasteiger charge is -2.11. The molecule has 1 aromatic heterocycles. The first kappa shape index (κ1) is 14.6. The number of rotatable bonds is 4. The van der Waals surface area contributed by atoms with E-state index < -0.39 is 11.5 Å². The molecule has 1 heterocycles. The largest absolute Gasteiger partial charge is 0.477 e. The minimum absolute atomic E-state index is 0.262. The van der Waals surface area contributed by atoms with Crippen LogP contribution in [0.4, 0.5) is 5.69 Å². The molecule has 0 fully saturated rings. The van der Waals surface area contributed by atoms with Crippen LogP contribution >= 0.6 is 0 Å². The van der Waals surface area contributed by atoms with Crippen LogP contribution in [-0.2, 0) is 0 Å². The Balaban J connectivity index is 2.19. The van der Waals surface area contributed by atoms with Crippen molar-refractivity contribution in [2.75, 3.05) is 19.0 Å². The first-order chi connectivity index (χ1) is 9.97. The lowest BCUT2D eigenvalue weighted by Crippen LogP contribution is -2.17. The molecular formula is C16H16N2O3. The summed E-state index contributed by atoms with van der Waals surface area (Å²) in [5.74, 6) is -1.23. The number of nitrogens with one attached hydrogen (secondary N) is 1. The fraction of sp³-hybridized carbons (Fsp3) is 0.125. The van der Waals surface area contributed by atoms with Crippen molar-refractivity contribution in [2.45, 2.75) is 0 Å². The van der Waals surface area contributed by atoms with Gasteiger partial charge in [-0.15, -0.1) is 0 Å². The van der Waals surface area contributed by atoms with Crippen molar-refractivity contribution in [1.29, 1.82) is 0 Å². The summed E-state index contributed by atoms with van der Waals surface area (Å²) >= 11 is 0. The third-order valence-corrected chi connectivity index (χ3v) is 3.03. The van der Waals surface area contributed by atoms with E-state index in [4.69, 9.17) is 5.11 Å². The van der Waals surface area contributed by atoms with Crippen LogP contribution in [-0.4, -0.2) is 30.2 Å². The lowest BCUT2D eigenvalue weighted by molar-refractivity contribution is 0.0695. The average molecular weight is 284 g/mol. The van der Waals surface area contributed by atoms with E-state index in [1.807, 2.05) is 49.3 Å². The second-order valence-electron chi connectivity index (χ2n) is 4.78. The molecule has 5 nitrogen and oxygen atoms in total. The Morgan fingerprint density at radius 2 is 1.76 bits per heavy atom. The molecule has 2 rings (SSSR count). The van der Waals surface area contributed by atoms with Gasteiger partial charge < -0.3 is 15.0 Å². The van der Waals surface area contributed by atoms with Gasteiger partial charge in [-0.25, -0.2) is 4.79 Å². The zero-order chi connectivity index (χ0) is 15.4. The fourth-order valence-electron chi connectivity index (χ4n) is 1.82. The number of carboxylic acids is 1. The van der Waals surface area contributed by atoms with Crippen molar-refractivity contribution in [1.82, 2.24) is 4.98 Å². The van der Waals surface area contributed by atoms with E-state index >= 15 is 0 Å². The van der Waals surface area contributed by atoms with Crippen molar-refractivity contribution in [2.24, 2.45) is 0 Å². The van der Waals surface area contributed by atoms with Crippen molar-refractivity contribution < 1.29 is 9.90 Å². The molecule has 0 saturated carbocycles. The normalized spacial score (nSPS) is 10.8. The zero-order valence-electron chi connectivity index (χ0n) is 11.8. The van der Waals surface area contributed by atoms with Crippen LogP contribution in [0.3, 0.4) is 0 Å². The molecule has 0 spiro atoms. The van der Waals surface area contributed by atoms with E-state index in [2.05, 4.69) is 4.98 Å². The summed E-state index contributed by atoms with van der Waals surface area (Å²) in [6.45, 7) is 0. The number of pyridine rings is 1. The van der Waals surface area contributed by atoms with E-state index in [9.17, 15) is 9.59 Å². The second-order valence-corrected chi connectivity index (χ2v) is 4.78. The molecule has 0 atom stereocenters. The Morgan fingerprint density at radius 1 is 1.10 bits per heavy atom. The molecule has 1 aromatic carbocycles. The van der Waals surface area contributed by atoms with Gasteiger partial charge in [0.1, 0.15) is 5.56 Å². The van der Waals surface area contributed by atoms with Crippen molar-refractivity contribution in [3.63, 3.8) is 0 Å². The van der Waals surface area contributed by atoms with Crippen LogP contribution in [0, 0.1) is 0 Å². The highest BCUT2D eigenvalue weighted by atomic mass is 16.4. The van der Waals surface area contributed by atoms with Crippen LogP contribution in [0.15, 0.2) is 41.2 Å². The molecule has 0 amide bonds. The summed E-state index contributed by atoms with van der Waals surface area (Å²) in [5.41, 5.74) is 1.78. The van der Waals surface area contributed by atoms with E-state index in [1.165, 1.54) is 6.07 Å². The molecule has 21 heavy (non-hydrogen) atoms. The Bertz CT molecular complexity index is 728. The lowest BCUT2D eigenvalue weighted by atomic mass is 10.1. The molecule has 0 radical (unpaired) electrons. The number of anilines is 1. The molecule has 0 aliphatic rings. The third kappa shape index (κ3) is 3.60. The van der Waals surface area contributed by atoms with Gasteiger partial charge in [0.05, 0.1) is 0 Å². The summed E-state index contributed by atoms with van der Waals surface area (Å²) in [4.78, 5) is 26.8. The summed E-state index contributed by atoms with van der Waals surface area (Å²) < 4.78 is 0. The Kier molecular flexibility index (Phi) is 4.23. The van der Waals surface area contributed by atoms with E-state index in [0.717, 1.165) is 11.3 Å². The number of nitrogens with zero attached hydrogens (tertiary/aromatic N) is 1. The molecule has 5 heteroatoms. The monoisotopic (exact) mass is 284 g/mol. The first-order valence-corrected chi connectivity index (χ1v) is 6.39. The van der Waals surface area contributed by atoms with E-state index in [1.54, 1.807) is 12.1 Å².